The Morgan fingerprint density at radius 2 is 1.88 bits per heavy atom. The van der Waals surface area contributed by atoms with E-state index in [0.717, 1.165) is 48.6 Å². The Hall–Kier alpha value is -2.40. The zero-order chi connectivity index (χ0) is 16.5. The SMILES string of the molecule is CC(C)c1ncc2c(n1)CCN(Cc1cnc3ccccc3n1)C2. The van der Waals surface area contributed by atoms with Gasteiger partial charge in [-0.1, -0.05) is 26.0 Å². The summed E-state index contributed by atoms with van der Waals surface area (Å²) >= 11 is 0. The lowest BCUT2D eigenvalue weighted by atomic mass is 10.1. The predicted octanol–water partition coefficient (Wildman–Crippen LogP) is 3.10. The molecule has 0 saturated carbocycles. The average molecular weight is 319 g/mol. The van der Waals surface area contributed by atoms with Gasteiger partial charge in [-0.05, 0) is 12.1 Å². The van der Waals surface area contributed by atoms with E-state index in [-0.39, 0.29) is 0 Å². The minimum Gasteiger partial charge on any atom is -0.293 e. The van der Waals surface area contributed by atoms with Crippen LogP contribution in [0.2, 0.25) is 0 Å². The molecule has 1 aliphatic rings. The molecule has 0 N–H and O–H groups in total. The Balaban J connectivity index is 1.51. The zero-order valence-electron chi connectivity index (χ0n) is 14.1. The lowest BCUT2D eigenvalue weighted by Crippen LogP contribution is -2.31. The fourth-order valence-corrected chi connectivity index (χ4v) is 3.10. The van der Waals surface area contributed by atoms with Crippen LogP contribution in [0, 0.1) is 0 Å². The summed E-state index contributed by atoms with van der Waals surface area (Å²) in [4.78, 5) is 20.9. The van der Waals surface area contributed by atoms with Crippen LogP contribution >= 0.6 is 0 Å². The van der Waals surface area contributed by atoms with E-state index in [9.17, 15) is 0 Å². The quantitative estimate of drug-likeness (QED) is 0.742. The number of benzene rings is 1. The van der Waals surface area contributed by atoms with Gasteiger partial charge in [0.25, 0.3) is 0 Å². The molecule has 0 aliphatic carbocycles. The Morgan fingerprint density at radius 3 is 2.71 bits per heavy atom. The van der Waals surface area contributed by atoms with E-state index in [0.29, 0.717) is 5.92 Å². The molecule has 5 heteroatoms. The first kappa shape index (κ1) is 15.1. The third-order valence-electron chi connectivity index (χ3n) is 4.43. The number of nitrogens with zero attached hydrogens (tertiary/aromatic N) is 5. The summed E-state index contributed by atoms with van der Waals surface area (Å²) < 4.78 is 0. The highest BCUT2D eigenvalue weighted by molar-refractivity contribution is 5.73. The first-order valence-electron chi connectivity index (χ1n) is 8.47. The molecular weight excluding hydrogens is 298 g/mol. The maximum Gasteiger partial charge on any atom is 0.131 e. The van der Waals surface area contributed by atoms with Crippen LogP contribution in [0.1, 0.15) is 42.5 Å². The Kier molecular flexibility index (Phi) is 3.94. The van der Waals surface area contributed by atoms with Crippen molar-refractivity contribution in [3.8, 4) is 0 Å². The van der Waals surface area contributed by atoms with Gasteiger partial charge in [-0.3, -0.25) is 9.88 Å². The minimum atomic E-state index is 0.376. The summed E-state index contributed by atoms with van der Waals surface area (Å²) in [5.74, 6) is 1.32. The molecule has 0 spiro atoms. The second-order valence-electron chi connectivity index (χ2n) is 6.67. The van der Waals surface area contributed by atoms with Crippen LogP contribution in [0.3, 0.4) is 0 Å². The fourth-order valence-electron chi connectivity index (χ4n) is 3.10. The molecule has 3 heterocycles. The van der Waals surface area contributed by atoms with Gasteiger partial charge in [0.2, 0.25) is 0 Å². The Morgan fingerprint density at radius 1 is 1.04 bits per heavy atom. The van der Waals surface area contributed by atoms with E-state index in [2.05, 4.69) is 28.7 Å². The maximum absolute atomic E-state index is 4.73. The first-order valence-corrected chi connectivity index (χ1v) is 8.47. The second-order valence-corrected chi connectivity index (χ2v) is 6.67. The van der Waals surface area contributed by atoms with Gasteiger partial charge < -0.3 is 0 Å². The van der Waals surface area contributed by atoms with Gasteiger partial charge in [-0.25, -0.2) is 15.0 Å². The topological polar surface area (TPSA) is 54.8 Å². The molecule has 0 bridgehead atoms. The van der Waals surface area contributed by atoms with E-state index >= 15 is 0 Å². The number of para-hydroxylation sites is 2. The number of hydrogen-bond acceptors (Lipinski definition) is 5. The van der Waals surface area contributed by atoms with Crippen molar-refractivity contribution in [3.63, 3.8) is 0 Å². The highest BCUT2D eigenvalue weighted by Crippen LogP contribution is 2.20. The molecule has 1 aliphatic heterocycles. The number of hydrogen-bond donors (Lipinski definition) is 0. The molecule has 2 aromatic heterocycles. The summed E-state index contributed by atoms with van der Waals surface area (Å²) in [5, 5.41) is 0. The van der Waals surface area contributed by atoms with Crippen LogP contribution < -0.4 is 0 Å². The molecular formula is C19H21N5. The van der Waals surface area contributed by atoms with Gasteiger partial charge in [0.15, 0.2) is 0 Å². The van der Waals surface area contributed by atoms with E-state index in [1.54, 1.807) is 0 Å². The first-order chi connectivity index (χ1) is 11.7. The van der Waals surface area contributed by atoms with Gasteiger partial charge in [-0.2, -0.15) is 0 Å². The molecule has 0 unspecified atom stereocenters. The second kappa shape index (κ2) is 6.24. The van der Waals surface area contributed by atoms with Crippen molar-refractivity contribution in [1.82, 2.24) is 24.8 Å². The third-order valence-corrected chi connectivity index (χ3v) is 4.43. The molecule has 0 fully saturated rings. The van der Waals surface area contributed by atoms with Crippen molar-refractivity contribution >= 4 is 11.0 Å². The fraction of sp³-hybridized carbons (Fsp3) is 0.368. The molecule has 0 saturated heterocycles. The van der Waals surface area contributed by atoms with E-state index < -0.39 is 0 Å². The van der Waals surface area contributed by atoms with Crippen molar-refractivity contribution in [2.45, 2.75) is 39.3 Å². The standard InChI is InChI=1S/C19H21N5/c1-13(2)19-21-9-14-11-24(8-7-16(14)23-19)12-15-10-20-17-5-3-4-6-18(17)22-15/h3-6,9-10,13H,7-8,11-12H2,1-2H3. The maximum atomic E-state index is 4.73. The van der Waals surface area contributed by atoms with Crippen LogP contribution in [0.15, 0.2) is 36.7 Å². The monoisotopic (exact) mass is 319 g/mol. The van der Waals surface area contributed by atoms with Crippen molar-refractivity contribution < 1.29 is 0 Å². The summed E-state index contributed by atoms with van der Waals surface area (Å²) in [5.41, 5.74) is 5.35. The van der Waals surface area contributed by atoms with Crippen molar-refractivity contribution in [3.05, 3.63) is 59.4 Å². The molecule has 0 atom stereocenters. The summed E-state index contributed by atoms with van der Waals surface area (Å²) in [6.07, 6.45) is 4.85. The van der Waals surface area contributed by atoms with Gasteiger partial charge in [-0.15, -0.1) is 0 Å². The van der Waals surface area contributed by atoms with Crippen molar-refractivity contribution in [2.24, 2.45) is 0 Å². The van der Waals surface area contributed by atoms with E-state index in [4.69, 9.17) is 9.97 Å². The van der Waals surface area contributed by atoms with E-state index in [1.807, 2.05) is 36.7 Å². The summed E-state index contributed by atoms with van der Waals surface area (Å²) in [6.45, 7) is 6.95. The van der Waals surface area contributed by atoms with Gasteiger partial charge in [0, 0.05) is 49.4 Å². The normalized spacial score (nSPS) is 15.0. The third kappa shape index (κ3) is 2.99. The molecule has 3 aromatic rings. The average Bonchev–Trinajstić information content (AvgIpc) is 2.61. The van der Waals surface area contributed by atoms with Crippen LogP contribution in [-0.4, -0.2) is 31.4 Å². The number of aromatic nitrogens is 4. The summed E-state index contributed by atoms with van der Waals surface area (Å²) in [6, 6.07) is 8.00. The molecule has 122 valence electrons. The van der Waals surface area contributed by atoms with E-state index in [1.165, 1.54) is 11.3 Å². The highest BCUT2D eigenvalue weighted by Gasteiger charge is 2.19. The van der Waals surface area contributed by atoms with Gasteiger partial charge in [0.05, 0.1) is 22.9 Å². The molecule has 4 rings (SSSR count). The molecule has 0 radical (unpaired) electrons. The lowest BCUT2D eigenvalue weighted by Gasteiger charge is -2.27. The van der Waals surface area contributed by atoms with Crippen LogP contribution in [0.25, 0.3) is 11.0 Å². The summed E-state index contributed by atoms with van der Waals surface area (Å²) in [7, 11) is 0. The lowest BCUT2D eigenvalue weighted by molar-refractivity contribution is 0.239. The van der Waals surface area contributed by atoms with Gasteiger partial charge >= 0.3 is 0 Å². The van der Waals surface area contributed by atoms with Crippen LogP contribution in [0.5, 0.6) is 0 Å². The van der Waals surface area contributed by atoms with Crippen molar-refractivity contribution in [2.75, 3.05) is 6.54 Å². The molecule has 24 heavy (non-hydrogen) atoms. The van der Waals surface area contributed by atoms with Crippen LogP contribution in [-0.2, 0) is 19.5 Å². The Bertz CT molecular complexity index is 875. The van der Waals surface area contributed by atoms with Crippen molar-refractivity contribution in [1.29, 1.82) is 0 Å². The molecule has 5 nitrogen and oxygen atoms in total. The largest absolute Gasteiger partial charge is 0.293 e. The smallest absolute Gasteiger partial charge is 0.131 e. The van der Waals surface area contributed by atoms with Gasteiger partial charge in [0.1, 0.15) is 5.82 Å². The number of rotatable bonds is 3. The predicted molar refractivity (Wildman–Crippen MR) is 93.5 cm³/mol. The van der Waals surface area contributed by atoms with Crippen LogP contribution in [0.4, 0.5) is 0 Å². The highest BCUT2D eigenvalue weighted by atomic mass is 15.1. The zero-order valence-corrected chi connectivity index (χ0v) is 14.1. The molecule has 1 aromatic carbocycles. The molecule has 0 amide bonds. The number of fused-ring (bicyclic) bond motifs is 2. The minimum absolute atomic E-state index is 0.376. The Labute approximate surface area is 141 Å².